The van der Waals surface area contributed by atoms with Gasteiger partial charge >= 0.3 is 0 Å². The minimum Gasteiger partial charge on any atom is -0.248 e. The van der Waals surface area contributed by atoms with Crippen molar-refractivity contribution in [2.45, 2.75) is 9.92 Å². The third-order valence-electron chi connectivity index (χ3n) is 2.00. The summed E-state index contributed by atoms with van der Waals surface area (Å²) >= 11 is 13.4. The average Bonchev–Trinajstić information content (AvgIpc) is 2.32. The van der Waals surface area contributed by atoms with Crippen molar-refractivity contribution in [3.63, 3.8) is 0 Å². The van der Waals surface area contributed by atoms with Gasteiger partial charge in [0, 0.05) is 11.1 Å². The van der Waals surface area contributed by atoms with E-state index >= 15 is 0 Å². The molecule has 0 radical (unpaired) electrons. The fourth-order valence-corrected chi connectivity index (χ4v) is 2.55. The van der Waals surface area contributed by atoms with Crippen LogP contribution in [0, 0.1) is 11.3 Å². The molecule has 2 nitrogen and oxygen atoms in total. The predicted molar refractivity (Wildman–Crippen MR) is 69.5 cm³/mol. The van der Waals surface area contributed by atoms with Gasteiger partial charge in [-0.2, -0.15) is 5.26 Å². The van der Waals surface area contributed by atoms with Crippen molar-refractivity contribution in [2.24, 2.45) is 0 Å². The molecule has 0 atom stereocenters. The topological polar surface area (TPSA) is 36.7 Å². The van der Waals surface area contributed by atoms with E-state index in [4.69, 9.17) is 28.5 Å². The molecule has 1 heterocycles. The van der Waals surface area contributed by atoms with Crippen molar-refractivity contribution in [3.05, 3.63) is 52.1 Å². The zero-order valence-electron chi connectivity index (χ0n) is 8.52. The lowest BCUT2D eigenvalue weighted by Crippen LogP contribution is -1.82. The molecule has 0 aliphatic rings. The number of hydrogen-bond donors (Lipinski definition) is 0. The molecular formula is C12H6Cl2N2S. The molecule has 84 valence electrons. The molecule has 0 saturated carbocycles. The summed E-state index contributed by atoms with van der Waals surface area (Å²) in [6.45, 7) is 0. The van der Waals surface area contributed by atoms with Gasteiger partial charge in [-0.15, -0.1) is 0 Å². The number of benzene rings is 1. The van der Waals surface area contributed by atoms with E-state index in [0.717, 1.165) is 9.92 Å². The molecule has 2 aromatic rings. The predicted octanol–water partition coefficient (Wildman–Crippen LogP) is 4.41. The van der Waals surface area contributed by atoms with Crippen molar-refractivity contribution in [1.82, 2.24) is 4.98 Å². The van der Waals surface area contributed by atoms with Crippen LogP contribution in [0.2, 0.25) is 10.0 Å². The van der Waals surface area contributed by atoms with Crippen molar-refractivity contribution >= 4 is 35.0 Å². The summed E-state index contributed by atoms with van der Waals surface area (Å²) in [5, 5.41) is 10.5. The first-order valence-electron chi connectivity index (χ1n) is 4.69. The van der Waals surface area contributed by atoms with Gasteiger partial charge in [-0.05, 0) is 30.3 Å². The van der Waals surface area contributed by atoms with Crippen LogP contribution >= 0.6 is 35.0 Å². The lowest BCUT2D eigenvalue weighted by molar-refractivity contribution is 1.13. The van der Waals surface area contributed by atoms with E-state index in [1.54, 1.807) is 30.5 Å². The van der Waals surface area contributed by atoms with Crippen LogP contribution < -0.4 is 0 Å². The molecule has 17 heavy (non-hydrogen) atoms. The van der Waals surface area contributed by atoms with Crippen LogP contribution in [-0.2, 0) is 0 Å². The van der Waals surface area contributed by atoms with Crippen molar-refractivity contribution in [1.29, 1.82) is 5.26 Å². The van der Waals surface area contributed by atoms with Crippen molar-refractivity contribution < 1.29 is 0 Å². The van der Waals surface area contributed by atoms with Crippen LogP contribution in [0.5, 0.6) is 0 Å². The monoisotopic (exact) mass is 280 g/mol. The van der Waals surface area contributed by atoms with E-state index in [1.165, 1.54) is 11.8 Å². The average molecular weight is 281 g/mol. The quantitative estimate of drug-likeness (QED) is 0.818. The second-order valence-corrected chi connectivity index (χ2v) is 5.02. The van der Waals surface area contributed by atoms with Gasteiger partial charge in [0.25, 0.3) is 0 Å². The Morgan fingerprint density at radius 1 is 1.18 bits per heavy atom. The number of halogens is 2. The minimum absolute atomic E-state index is 0.435. The van der Waals surface area contributed by atoms with E-state index in [0.29, 0.717) is 15.6 Å². The summed E-state index contributed by atoms with van der Waals surface area (Å²) in [4.78, 5) is 5.07. The third-order valence-corrected chi connectivity index (χ3v) is 3.74. The lowest BCUT2D eigenvalue weighted by atomic mass is 10.2. The Morgan fingerprint density at radius 2 is 2.00 bits per heavy atom. The molecule has 0 saturated heterocycles. The van der Waals surface area contributed by atoms with Crippen LogP contribution in [0.3, 0.4) is 0 Å². The largest absolute Gasteiger partial charge is 0.248 e. The van der Waals surface area contributed by atoms with E-state index in [-0.39, 0.29) is 0 Å². The molecule has 0 fully saturated rings. The maximum atomic E-state index is 8.77. The lowest BCUT2D eigenvalue weighted by Gasteiger charge is -2.03. The first kappa shape index (κ1) is 12.3. The van der Waals surface area contributed by atoms with E-state index in [2.05, 4.69) is 4.98 Å². The highest BCUT2D eigenvalue weighted by Crippen LogP contribution is 2.33. The summed E-state index contributed by atoms with van der Waals surface area (Å²) in [6.07, 6.45) is 1.68. The summed E-state index contributed by atoms with van der Waals surface area (Å²) in [5.74, 6) is 0. The van der Waals surface area contributed by atoms with Crippen molar-refractivity contribution in [3.8, 4) is 6.07 Å². The van der Waals surface area contributed by atoms with Gasteiger partial charge in [0.05, 0.1) is 15.6 Å². The second kappa shape index (κ2) is 5.42. The molecule has 5 heteroatoms. The first-order chi connectivity index (χ1) is 8.20. The Kier molecular flexibility index (Phi) is 3.90. The van der Waals surface area contributed by atoms with Gasteiger partial charge in [0.2, 0.25) is 0 Å². The minimum atomic E-state index is 0.435. The van der Waals surface area contributed by atoms with Crippen LogP contribution in [0.4, 0.5) is 0 Å². The van der Waals surface area contributed by atoms with Crippen molar-refractivity contribution in [2.75, 3.05) is 0 Å². The van der Waals surface area contributed by atoms with E-state index < -0.39 is 0 Å². The number of nitriles is 1. The smallest absolute Gasteiger partial charge is 0.119 e. The number of rotatable bonds is 2. The molecule has 0 spiro atoms. The highest BCUT2D eigenvalue weighted by molar-refractivity contribution is 7.99. The Morgan fingerprint density at radius 3 is 2.65 bits per heavy atom. The maximum Gasteiger partial charge on any atom is 0.119 e. The maximum absolute atomic E-state index is 8.77. The Balaban J connectivity index is 2.29. The normalized spacial score (nSPS) is 9.94. The Hall–Kier alpha value is -1.21. The van der Waals surface area contributed by atoms with Gasteiger partial charge < -0.3 is 0 Å². The summed E-state index contributed by atoms with van der Waals surface area (Å²) < 4.78 is 0. The number of nitrogens with zero attached hydrogens (tertiary/aromatic N) is 2. The molecule has 1 aromatic carbocycles. The number of pyridine rings is 1. The second-order valence-electron chi connectivity index (χ2n) is 3.15. The molecule has 2 rings (SSSR count). The summed E-state index contributed by atoms with van der Waals surface area (Å²) in [6, 6.07) is 10.8. The van der Waals surface area contributed by atoms with Gasteiger partial charge in [0.1, 0.15) is 11.1 Å². The van der Waals surface area contributed by atoms with Gasteiger partial charge in [-0.25, -0.2) is 4.98 Å². The zero-order chi connectivity index (χ0) is 12.3. The van der Waals surface area contributed by atoms with Crippen LogP contribution in [-0.4, -0.2) is 4.98 Å². The zero-order valence-corrected chi connectivity index (χ0v) is 10.9. The molecule has 0 bridgehead atoms. The highest BCUT2D eigenvalue weighted by atomic mass is 35.5. The molecule has 0 unspecified atom stereocenters. The molecule has 0 aliphatic carbocycles. The third kappa shape index (κ3) is 2.92. The first-order valence-corrected chi connectivity index (χ1v) is 6.26. The molecular weight excluding hydrogens is 275 g/mol. The fraction of sp³-hybridized carbons (Fsp3) is 0. The molecule has 0 amide bonds. The SMILES string of the molecule is N#Cc1ccc(Sc2ncccc2Cl)cc1Cl. The number of aromatic nitrogens is 1. The van der Waals surface area contributed by atoms with Crippen LogP contribution in [0.25, 0.3) is 0 Å². The standard InChI is InChI=1S/C12H6Cl2N2S/c13-10-2-1-5-16-12(10)17-9-4-3-8(7-15)11(14)6-9/h1-6H. The Labute approximate surface area is 113 Å². The molecule has 0 aliphatic heterocycles. The van der Waals surface area contributed by atoms with E-state index in [1.807, 2.05) is 12.1 Å². The van der Waals surface area contributed by atoms with Crippen LogP contribution in [0.15, 0.2) is 46.5 Å². The number of hydrogen-bond acceptors (Lipinski definition) is 3. The summed E-state index contributed by atoms with van der Waals surface area (Å²) in [7, 11) is 0. The van der Waals surface area contributed by atoms with Gasteiger partial charge in [-0.3, -0.25) is 0 Å². The molecule has 1 aromatic heterocycles. The van der Waals surface area contributed by atoms with Crippen LogP contribution in [0.1, 0.15) is 5.56 Å². The van der Waals surface area contributed by atoms with Gasteiger partial charge in [-0.1, -0.05) is 35.0 Å². The van der Waals surface area contributed by atoms with E-state index in [9.17, 15) is 0 Å². The fourth-order valence-electron chi connectivity index (χ4n) is 1.21. The summed E-state index contributed by atoms with van der Waals surface area (Å²) in [5.41, 5.74) is 0.461. The molecule has 0 N–H and O–H groups in total. The highest BCUT2D eigenvalue weighted by Gasteiger charge is 2.06. The van der Waals surface area contributed by atoms with Gasteiger partial charge in [0.15, 0.2) is 0 Å². The Bertz CT molecular complexity index is 593.